The van der Waals surface area contributed by atoms with Crippen molar-refractivity contribution in [3.63, 3.8) is 0 Å². The number of halogens is 2. The Morgan fingerprint density at radius 3 is 2.86 bits per heavy atom. The lowest BCUT2D eigenvalue weighted by Crippen LogP contribution is -2.44. The normalized spacial score (nSPS) is 19.5. The minimum Gasteiger partial charge on any atom is -0.357 e. The Hall–Kier alpha value is -1.69. The van der Waals surface area contributed by atoms with E-state index < -0.39 is 11.6 Å². The predicted molar refractivity (Wildman–Crippen MR) is 84.8 cm³/mol. The molecule has 1 fully saturated rings. The highest BCUT2D eigenvalue weighted by Gasteiger charge is 2.20. The minimum absolute atomic E-state index is 0.111. The summed E-state index contributed by atoms with van der Waals surface area (Å²) in [7, 11) is 2.12. The van der Waals surface area contributed by atoms with Crippen LogP contribution in [0.1, 0.15) is 25.3 Å². The minimum atomic E-state index is -0.447. The van der Waals surface area contributed by atoms with E-state index in [-0.39, 0.29) is 12.1 Å². The molecule has 0 aliphatic carbocycles. The van der Waals surface area contributed by atoms with Gasteiger partial charge in [-0.3, -0.25) is 0 Å². The van der Waals surface area contributed by atoms with Crippen LogP contribution < -0.4 is 10.6 Å². The van der Waals surface area contributed by atoms with Gasteiger partial charge >= 0.3 is 0 Å². The summed E-state index contributed by atoms with van der Waals surface area (Å²) in [6.07, 6.45) is 2.38. The quantitative estimate of drug-likeness (QED) is 0.646. The Kier molecular flexibility index (Phi) is 6.12. The molecule has 0 spiro atoms. The first-order chi connectivity index (χ1) is 10.6. The fraction of sp³-hybridized carbons (Fsp3) is 0.562. The zero-order valence-corrected chi connectivity index (χ0v) is 13.2. The molecule has 2 N–H and O–H groups in total. The Balaban J connectivity index is 1.95. The summed E-state index contributed by atoms with van der Waals surface area (Å²) in [6.45, 7) is 4.72. The molecular weight excluding hydrogens is 286 g/mol. The summed E-state index contributed by atoms with van der Waals surface area (Å²) in [6, 6.07) is 3.93. The molecule has 0 amide bonds. The molecule has 2 rings (SSSR count). The van der Waals surface area contributed by atoms with Crippen LogP contribution >= 0.6 is 0 Å². The van der Waals surface area contributed by atoms with E-state index in [2.05, 4.69) is 27.6 Å². The van der Waals surface area contributed by atoms with Gasteiger partial charge in [-0.2, -0.15) is 0 Å². The van der Waals surface area contributed by atoms with Gasteiger partial charge in [0.25, 0.3) is 0 Å². The zero-order valence-electron chi connectivity index (χ0n) is 13.2. The van der Waals surface area contributed by atoms with Crippen molar-refractivity contribution in [3.8, 4) is 0 Å². The molecule has 122 valence electrons. The highest BCUT2D eigenvalue weighted by atomic mass is 19.1. The van der Waals surface area contributed by atoms with Crippen molar-refractivity contribution in [2.45, 2.75) is 32.4 Å². The van der Waals surface area contributed by atoms with Crippen LogP contribution in [-0.4, -0.2) is 43.6 Å². The van der Waals surface area contributed by atoms with Crippen LogP contribution in [0.3, 0.4) is 0 Å². The van der Waals surface area contributed by atoms with Gasteiger partial charge in [-0.05, 0) is 51.6 Å². The smallest absolute Gasteiger partial charge is 0.191 e. The molecule has 4 nitrogen and oxygen atoms in total. The number of nitrogens with one attached hydrogen (secondary N) is 2. The molecule has 1 unspecified atom stereocenters. The summed E-state index contributed by atoms with van der Waals surface area (Å²) in [5, 5.41) is 6.41. The van der Waals surface area contributed by atoms with Crippen molar-refractivity contribution in [1.29, 1.82) is 0 Å². The molecule has 1 heterocycles. The summed E-state index contributed by atoms with van der Waals surface area (Å²) < 4.78 is 26.8. The van der Waals surface area contributed by atoms with Crippen LogP contribution in [0.5, 0.6) is 0 Å². The van der Waals surface area contributed by atoms with Crippen LogP contribution in [0, 0.1) is 11.6 Å². The highest BCUT2D eigenvalue weighted by Crippen LogP contribution is 2.13. The van der Waals surface area contributed by atoms with E-state index >= 15 is 0 Å². The van der Waals surface area contributed by atoms with Gasteiger partial charge in [0.05, 0.1) is 6.54 Å². The molecule has 1 saturated heterocycles. The average molecular weight is 310 g/mol. The van der Waals surface area contributed by atoms with E-state index in [0.717, 1.165) is 31.8 Å². The largest absolute Gasteiger partial charge is 0.357 e. The van der Waals surface area contributed by atoms with Gasteiger partial charge in [-0.15, -0.1) is 0 Å². The standard InChI is InChI=1S/C16H24F2N4/c1-3-19-16(21-11-14-5-4-8-22(14)2)20-10-12-9-13(17)6-7-15(12)18/h6-7,9,14H,3-5,8,10-11H2,1-2H3,(H2,19,20,21). The molecule has 1 aromatic rings. The summed E-state index contributed by atoms with van der Waals surface area (Å²) in [5.41, 5.74) is 0.259. The van der Waals surface area contributed by atoms with E-state index in [4.69, 9.17) is 0 Å². The van der Waals surface area contributed by atoms with E-state index in [0.29, 0.717) is 12.0 Å². The molecule has 6 heteroatoms. The summed E-state index contributed by atoms with van der Waals surface area (Å²) in [4.78, 5) is 6.66. The second kappa shape index (κ2) is 8.08. The Morgan fingerprint density at radius 2 is 2.18 bits per heavy atom. The zero-order chi connectivity index (χ0) is 15.9. The number of hydrogen-bond donors (Lipinski definition) is 2. The second-order valence-corrected chi connectivity index (χ2v) is 5.59. The van der Waals surface area contributed by atoms with Crippen molar-refractivity contribution in [2.24, 2.45) is 4.99 Å². The maximum absolute atomic E-state index is 13.6. The van der Waals surface area contributed by atoms with Crippen molar-refractivity contribution >= 4 is 5.96 Å². The number of hydrogen-bond acceptors (Lipinski definition) is 2. The Morgan fingerprint density at radius 1 is 1.36 bits per heavy atom. The first-order valence-corrected chi connectivity index (χ1v) is 7.76. The van der Waals surface area contributed by atoms with Crippen molar-refractivity contribution in [3.05, 3.63) is 35.4 Å². The molecule has 1 aliphatic heterocycles. The van der Waals surface area contributed by atoms with Gasteiger partial charge in [0, 0.05) is 24.7 Å². The molecular formula is C16H24F2N4. The fourth-order valence-corrected chi connectivity index (χ4v) is 2.62. The van der Waals surface area contributed by atoms with Crippen LogP contribution in [0.15, 0.2) is 23.2 Å². The lowest BCUT2D eigenvalue weighted by Gasteiger charge is -2.21. The van der Waals surface area contributed by atoms with E-state index in [9.17, 15) is 8.78 Å². The van der Waals surface area contributed by atoms with Crippen LogP contribution in [0.4, 0.5) is 8.78 Å². The number of rotatable bonds is 5. The fourth-order valence-electron chi connectivity index (χ4n) is 2.62. The average Bonchev–Trinajstić information content (AvgIpc) is 2.90. The molecule has 1 atom stereocenters. The van der Waals surface area contributed by atoms with Gasteiger partial charge in [0.15, 0.2) is 5.96 Å². The predicted octanol–water partition coefficient (Wildman–Crippen LogP) is 2.11. The van der Waals surface area contributed by atoms with Crippen LogP contribution in [0.2, 0.25) is 0 Å². The molecule has 1 aromatic carbocycles. The van der Waals surface area contributed by atoms with Gasteiger partial charge in [0.1, 0.15) is 11.6 Å². The number of nitrogens with zero attached hydrogens (tertiary/aromatic N) is 2. The van der Waals surface area contributed by atoms with Crippen molar-refractivity contribution in [1.82, 2.24) is 15.5 Å². The third-order valence-corrected chi connectivity index (χ3v) is 3.94. The number of guanidine groups is 1. The number of benzene rings is 1. The Labute approximate surface area is 130 Å². The number of aliphatic imine (C=N–C) groups is 1. The third kappa shape index (κ3) is 4.66. The van der Waals surface area contributed by atoms with Crippen molar-refractivity contribution in [2.75, 3.05) is 26.7 Å². The van der Waals surface area contributed by atoms with Gasteiger partial charge in [0.2, 0.25) is 0 Å². The van der Waals surface area contributed by atoms with Crippen molar-refractivity contribution < 1.29 is 8.78 Å². The first-order valence-electron chi connectivity index (χ1n) is 7.76. The van der Waals surface area contributed by atoms with Gasteiger partial charge in [-0.1, -0.05) is 0 Å². The molecule has 0 aromatic heterocycles. The molecule has 0 saturated carbocycles. The lowest BCUT2D eigenvalue weighted by atomic mass is 10.2. The molecule has 0 bridgehead atoms. The second-order valence-electron chi connectivity index (χ2n) is 5.59. The first kappa shape index (κ1) is 16.7. The third-order valence-electron chi connectivity index (χ3n) is 3.94. The van der Waals surface area contributed by atoms with Crippen LogP contribution in [-0.2, 0) is 6.54 Å². The number of likely N-dealkylation sites (tertiary alicyclic amines) is 1. The number of likely N-dealkylation sites (N-methyl/N-ethyl adjacent to an activating group) is 1. The van der Waals surface area contributed by atoms with Gasteiger partial charge < -0.3 is 15.5 Å². The SMILES string of the molecule is CCNC(=NCc1cc(F)ccc1F)NCC1CCCN1C. The monoisotopic (exact) mass is 310 g/mol. The van der Waals surface area contributed by atoms with E-state index in [1.165, 1.54) is 18.9 Å². The van der Waals surface area contributed by atoms with E-state index in [1.54, 1.807) is 0 Å². The van der Waals surface area contributed by atoms with Gasteiger partial charge in [-0.25, -0.2) is 13.8 Å². The maximum Gasteiger partial charge on any atom is 0.191 e. The molecule has 0 radical (unpaired) electrons. The summed E-state index contributed by atoms with van der Waals surface area (Å²) in [5.74, 6) is -0.250. The maximum atomic E-state index is 13.6. The highest BCUT2D eigenvalue weighted by molar-refractivity contribution is 5.79. The topological polar surface area (TPSA) is 39.7 Å². The summed E-state index contributed by atoms with van der Waals surface area (Å²) >= 11 is 0. The van der Waals surface area contributed by atoms with Crippen LogP contribution in [0.25, 0.3) is 0 Å². The Bertz CT molecular complexity index is 519. The van der Waals surface area contributed by atoms with E-state index in [1.807, 2.05) is 6.92 Å². The molecule has 1 aliphatic rings. The lowest BCUT2D eigenvalue weighted by molar-refractivity contribution is 0.309. The molecule has 22 heavy (non-hydrogen) atoms.